The van der Waals surface area contributed by atoms with Crippen molar-refractivity contribution in [2.45, 2.75) is 6.92 Å². The van der Waals surface area contributed by atoms with Crippen LogP contribution in [0.3, 0.4) is 0 Å². The number of aromatic nitrogens is 1. The lowest BCUT2D eigenvalue weighted by Crippen LogP contribution is -1.98. The molecule has 18 heavy (non-hydrogen) atoms. The molecule has 0 saturated carbocycles. The maximum Gasteiger partial charge on any atom is 0.137 e. The van der Waals surface area contributed by atoms with Crippen LogP contribution >= 0.6 is 15.9 Å². The third-order valence-electron chi connectivity index (χ3n) is 2.22. The van der Waals surface area contributed by atoms with E-state index < -0.39 is 0 Å². The molecule has 3 nitrogen and oxygen atoms in total. The minimum atomic E-state index is -0.314. The second-order valence-electron chi connectivity index (χ2n) is 3.59. The van der Waals surface area contributed by atoms with E-state index in [-0.39, 0.29) is 5.82 Å². The minimum Gasteiger partial charge on any atom is -0.457 e. The van der Waals surface area contributed by atoms with Gasteiger partial charge in [-0.3, -0.25) is 0 Å². The first kappa shape index (κ1) is 12.8. The molecule has 1 N–H and O–H groups in total. The highest BCUT2D eigenvalue weighted by atomic mass is 79.9. The van der Waals surface area contributed by atoms with Gasteiger partial charge in [-0.2, -0.15) is 0 Å². The largest absolute Gasteiger partial charge is 0.457 e. The predicted molar refractivity (Wildman–Crippen MR) is 72.6 cm³/mol. The number of pyridine rings is 1. The van der Waals surface area contributed by atoms with Crippen LogP contribution in [0.1, 0.15) is 6.92 Å². The molecule has 0 atom stereocenters. The Morgan fingerprint density at radius 2 is 2.06 bits per heavy atom. The second-order valence-corrected chi connectivity index (χ2v) is 4.44. The molecule has 0 saturated heterocycles. The van der Waals surface area contributed by atoms with Crippen molar-refractivity contribution in [2.75, 3.05) is 11.9 Å². The van der Waals surface area contributed by atoms with Gasteiger partial charge in [0.05, 0.1) is 4.47 Å². The van der Waals surface area contributed by atoms with Gasteiger partial charge in [-0.05, 0) is 47.1 Å². The summed E-state index contributed by atoms with van der Waals surface area (Å²) in [6, 6.07) is 8.06. The SMILES string of the molecule is CCNc1cc(Oc2ccc(F)c(Br)c2)ccn1. The maximum absolute atomic E-state index is 13.1. The zero-order valence-corrected chi connectivity index (χ0v) is 11.4. The fourth-order valence-electron chi connectivity index (χ4n) is 1.43. The molecule has 0 aliphatic carbocycles. The third-order valence-corrected chi connectivity index (χ3v) is 2.82. The van der Waals surface area contributed by atoms with Crippen molar-refractivity contribution >= 4 is 21.7 Å². The van der Waals surface area contributed by atoms with E-state index in [1.807, 2.05) is 6.92 Å². The van der Waals surface area contributed by atoms with E-state index in [0.717, 1.165) is 12.4 Å². The Morgan fingerprint density at radius 3 is 2.78 bits per heavy atom. The van der Waals surface area contributed by atoms with E-state index in [4.69, 9.17) is 4.74 Å². The van der Waals surface area contributed by atoms with E-state index in [0.29, 0.717) is 16.0 Å². The van der Waals surface area contributed by atoms with Crippen LogP contribution in [0.15, 0.2) is 41.0 Å². The predicted octanol–water partition coefficient (Wildman–Crippen LogP) is 4.21. The van der Waals surface area contributed by atoms with Crippen LogP contribution in [0, 0.1) is 5.82 Å². The van der Waals surface area contributed by atoms with Gasteiger partial charge in [0.25, 0.3) is 0 Å². The van der Waals surface area contributed by atoms with Gasteiger partial charge in [0.2, 0.25) is 0 Å². The van der Waals surface area contributed by atoms with E-state index >= 15 is 0 Å². The molecule has 1 aromatic heterocycles. The van der Waals surface area contributed by atoms with Gasteiger partial charge in [0, 0.05) is 18.8 Å². The lowest BCUT2D eigenvalue weighted by molar-refractivity contribution is 0.479. The Kier molecular flexibility index (Phi) is 4.15. The van der Waals surface area contributed by atoms with Crippen LogP contribution < -0.4 is 10.1 Å². The van der Waals surface area contributed by atoms with E-state index in [9.17, 15) is 4.39 Å². The number of halogens is 2. The first-order chi connectivity index (χ1) is 8.69. The van der Waals surface area contributed by atoms with Crippen LogP contribution in [0.2, 0.25) is 0 Å². The number of benzene rings is 1. The molecule has 94 valence electrons. The molecule has 2 aromatic rings. The topological polar surface area (TPSA) is 34.1 Å². The number of ether oxygens (including phenoxy) is 1. The Bertz CT molecular complexity index is 548. The fourth-order valence-corrected chi connectivity index (χ4v) is 1.79. The summed E-state index contributed by atoms with van der Waals surface area (Å²) < 4.78 is 19.1. The van der Waals surface area contributed by atoms with Crippen molar-refractivity contribution in [3.05, 3.63) is 46.8 Å². The van der Waals surface area contributed by atoms with Crippen molar-refractivity contribution in [2.24, 2.45) is 0 Å². The molecule has 0 aliphatic heterocycles. The number of hydrogen-bond acceptors (Lipinski definition) is 3. The molecule has 0 fully saturated rings. The summed E-state index contributed by atoms with van der Waals surface area (Å²) in [6.45, 7) is 2.78. The van der Waals surface area contributed by atoms with Gasteiger partial charge < -0.3 is 10.1 Å². The summed E-state index contributed by atoms with van der Waals surface area (Å²) in [5.74, 6) is 1.65. The summed E-state index contributed by atoms with van der Waals surface area (Å²) in [6.07, 6.45) is 1.66. The first-order valence-corrected chi connectivity index (χ1v) is 6.31. The van der Waals surface area contributed by atoms with Gasteiger partial charge in [-0.25, -0.2) is 9.37 Å². The average Bonchev–Trinajstić information content (AvgIpc) is 2.35. The van der Waals surface area contributed by atoms with E-state index in [2.05, 4.69) is 26.2 Å². The van der Waals surface area contributed by atoms with Gasteiger partial charge >= 0.3 is 0 Å². The normalized spacial score (nSPS) is 10.2. The summed E-state index contributed by atoms with van der Waals surface area (Å²) in [7, 11) is 0. The van der Waals surface area contributed by atoms with E-state index in [1.54, 1.807) is 30.5 Å². The van der Waals surface area contributed by atoms with Crippen LogP contribution in [-0.2, 0) is 0 Å². The number of anilines is 1. The summed E-state index contributed by atoms with van der Waals surface area (Å²) in [5, 5.41) is 3.09. The second kappa shape index (κ2) is 5.82. The third kappa shape index (κ3) is 3.20. The quantitative estimate of drug-likeness (QED) is 0.918. The summed E-state index contributed by atoms with van der Waals surface area (Å²) >= 11 is 3.12. The number of hydrogen-bond donors (Lipinski definition) is 1. The Balaban J connectivity index is 2.17. The first-order valence-electron chi connectivity index (χ1n) is 5.52. The lowest BCUT2D eigenvalue weighted by Gasteiger charge is -2.08. The Hall–Kier alpha value is -1.62. The van der Waals surface area contributed by atoms with Crippen molar-refractivity contribution in [3.63, 3.8) is 0 Å². The molecule has 0 aliphatic rings. The monoisotopic (exact) mass is 310 g/mol. The average molecular weight is 311 g/mol. The van der Waals surface area contributed by atoms with Crippen molar-refractivity contribution < 1.29 is 9.13 Å². The Labute approximate surface area is 113 Å². The Morgan fingerprint density at radius 1 is 1.28 bits per heavy atom. The summed E-state index contributed by atoms with van der Waals surface area (Å²) in [5.41, 5.74) is 0. The van der Waals surface area contributed by atoms with E-state index in [1.165, 1.54) is 6.07 Å². The molecular formula is C13H12BrFN2O. The zero-order valence-electron chi connectivity index (χ0n) is 9.78. The number of nitrogens with zero attached hydrogens (tertiary/aromatic N) is 1. The number of rotatable bonds is 4. The van der Waals surface area contributed by atoms with Crippen molar-refractivity contribution in [3.8, 4) is 11.5 Å². The molecule has 1 aromatic carbocycles. The van der Waals surface area contributed by atoms with Crippen LogP contribution in [-0.4, -0.2) is 11.5 Å². The summed E-state index contributed by atoms with van der Waals surface area (Å²) in [4.78, 5) is 4.14. The maximum atomic E-state index is 13.1. The lowest BCUT2D eigenvalue weighted by atomic mass is 10.3. The highest BCUT2D eigenvalue weighted by Gasteiger charge is 2.03. The van der Waals surface area contributed by atoms with Gasteiger partial charge in [0.15, 0.2) is 0 Å². The smallest absolute Gasteiger partial charge is 0.137 e. The van der Waals surface area contributed by atoms with Crippen LogP contribution in [0.25, 0.3) is 0 Å². The zero-order chi connectivity index (χ0) is 13.0. The molecule has 5 heteroatoms. The molecule has 0 amide bonds. The minimum absolute atomic E-state index is 0.314. The van der Waals surface area contributed by atoms with Gasteiger partial charge in [-0.15, -0.1) is 0 Å². The fraction of sp³-hybridized carbons (Fsp3) is 0.154. The highest BCUT2D eigenvalue weighted by Crippen LogP contribution is 2.27. The molecular weight excluding hydrogens is 299 g/mol. The van der Waals surface area contributed by atoms with Crippen molar-refractivity contribution in [1.29, 1.82) is 0 Å². The van der Waals surface area contributed by atoms with Gasteiger partial charge in [-0.1, -0.05) is 0 Å². The van der Waals surface area contributed by atoms with Crippen LogP contribution in [0.5, 0.6) is 11.5 Å². The molecule has 0 bridgehead atoms. The van der Waals surface area contributed by atoms with Crippen molar-refractivity contribution in [1.82, 2.24) is 4.98 Å². The molecule has 0 unspecified atom stereocenters. The molecule has 0 radical (unpaired) electrons. The molecule has 1 heterocycles. The molecule has 2 rings (SSSR count). The van der Waals surface area contributed by atoms with Crippen LogP contribution in [0.4, 0.5) is 10.2 Å². The highest BCUT2D eigenvalue weighted by molar-refractivity contribution is 9.10. The van der Waals surface area contributed by atoms with Gasteiger partial charge in [0.1, 0.15) is 23.1 Å². The number of nitrogens with one attached hydrogen (secondary N) is 1. The standard InChI is InChI=1S/C13H12BrFN2O/c1-2-16-13-8-10(5-6-17-13)18-9-3-4-12(15)11(14)7-9/h3-8H,2H2,1H3,(H,16,17). The molecule has 0 spiro atoms.